The number of amides is 2. The molecule has 3 rings (SSSR count). The molecule has 2 unspecified atom stereocenters. The summed E-state index contributed by atoms with van der Waals surface area (Å²) in [6, 6.07) is 0.472. The molecule has 2 atom stereocenters. The highest BCUT2D eigenvalue weighted by molar-refractivity contribution is 5.84. The fourth-order valence-electron chi connectivity index (χ4n) is 4.59. The maximum Gasteiger partial charge on any atom is 0.223 e. The van der Waals surface area contributed by atoms with E-state index >= 15 is 0 Å². The van der Waals surface area contributed by atoms with Crippen LogP contribution in [0.4, 0.5) is 0 Å². The Labute approximate surface area is 134 Å². The van der Waals surface area contributed by atoms with Crippen molar-refractivity contribution in [2.75, 3.05) is 19.6 Å². The number of nitrogens with zero attached hydrogens (tertiary/aromatic N) is 2. The first kappa shape index (κ1) is 15.8. The molecular formula is C18H30N2O2. The number of hydrogen-bond acceptors (Lipinski definition) is 2. The molecule has 22 heavy (non-hydrogen) atoms. The van der Waals surface area contributed by atoms with Gasteiger partial charge in [0, 0.05) is 38.5 Å². The van der Waals surface area contributed by atoms with Crippen LogP contribution in [0.25, 0.3) is 0 Å². The minimum atomic E-state index is 0.185. The quantitative estimate of drug-likeness (QED) is 0.804. The molecular weight excluding hydrogens is 276 g/mol. The minimum Gasteiger partial charge on any atom is -0.343 e. The third kappa shape index (κ3) is 3.64. The van der Waals surface area contributed by atoms with Gasteiger partial charge < -0.3 is 9.80 Å². The zero-order chi connectivity index (χ0) is 15.4. The number of hydrogen-bond donors (Lipinski definition) is 0. The van der Waals surface area contributed by atoms with Gasteiger partial charge in [-0.15, -0.1) is 0 Å². The Morgan fingerprint density at radius 2 is 1.41 bits per heavy atom. The SMILES string of the molecule is O=C(CCC(=O)N1CCCC2CCCCC21)N1CCCCC1. The van der Waals surface area contributed by atoms with Gasteiger partial charge >= 0.3 is 0 Å². The predicted molar refractivity (Wildman–Crippen MR) is 86.4 cm³/mol. The first-order chi connectivity index (χ1) is 10.8. The molecule has 124 valence electrons. The number of carbonyl (C=O) groups excluding carboxylic acids is 2. The van der Waals surface area contributed by atoms with Crippen LogP contribution in [0.15, 0.2) is 0 Å². The minimum absolute atomic E-state index is 0.185. The van der Waals surface area contributed by atoms with Crippen molar-refractivity contribution in [3.63, 3.8) is 0 Å². The second-order valence-corrected chi connectivity index (χ2v) is 7.28. The van der Waals surface area contributed by atoms with E-state index in [-0.39, 0.29) is 11.8 Å². The van der Waals surface area contributed by atoms with Crippen molar-refractivity contribution in [2.24, 2.45) is 5.92 Å². The molecule has 0 aromatic carbocycles. The van der Waals surface area contributed by atoms with Gasteiger partial charge in [0.2, 0.25) is 11.8 Å². The van der Waals surface area contributed by atoms with Crippen molar-refractivity contribution in [1.29, 1.82) is 0 Å². The zero-order valence-electron chi connectivity index (χ0n) is 13.8. The third-order valence-corrected chi connectivity index (χ3v) is 5.83. The van der Waals surface area contributed by atoms with Crippen LogP contribution in [-0.2, 0) is 9.59 Å². The summed E-state index contributed by atoms with van der Waals surface area (Å²) in [4.78, 5) is 28.9. The van der Waals surface area contributed by atoms with Crippen LogP contribution in [-0.4, -0.2) is 47.3 Å². The Bertz CT molecular complexity index is 402. The highest BCUT2D eigenvalue weighted by atomic mass is 16.2. The van der Waals surface area contributed by atoms with E-state index in [4.69, 9.17) is 0 Å². The van der Waals surface area contributed by atoms with E-state index in [0.717, 1.165) is 44.8 Å². The Morgan fingerprint density at radius 1 is 0.727 bits per heavy atom. The maximum atomic E-state index is 12.6. The lowest BCUT2D eigenvalue weighted by atomic mass is 9.78. The second kappa shape index (κ2) is 7.47. The summed E-state index contributed by atoms with van der Waals surface area (Å²) in [5, 5.41) is 0. The van der Waals surface area contributed by atoms with Gasteiger partial charge in [-0.1, -0.05) is 12.8 Å². The molecule has 2 aliphatic heterocycles. The number of rotatable bonds is 3. The Kier molecular flexibility index (Phi) is 5.37. The molecule has 2 heterocycles. The highest BCUT2D eigenvalue weighted by Crippen LogP contribution is 2.35. The fraction of sp³-hybridized carbons (Fsp3) is 0.889. The standard InChI is InChI=1S/C18H30N2O2/c21-17(19-12-4-1-5-13-19)10-11-18(22)20-14-6-8-15-7-2-3-9-16(15)20/h15-16H,1-14H2. The topological polar surface area (TPSA) is 40.6 Å². The lowest BCUT2D eigenvalue weighted by Crippen LogP contribution is -2.49. The number of carbonyl (C=O) groups is 2. The second-order valence-electron chi connectivity index (χ2n) is 7.28. The molecule has 3 aliphatic rings. The van der Waals surface area contributed by atoms with E-state index in [1.807, 2.05) is 4.90 Å². The first-order valence-electron chi connectivity index (χ1n) is 9.33. The summed E-state index contributed by atoms with van der Waals surface area (Å²) < 4.78 is 0. The molecule has 0 aromatic rings. The molecule has 4 heteroatoms. The normalized spacial score (nSPS) is 29.1. The monoisotopic (exact) mass is 306 g/mol. The van der Waals surface area contributed by atoms with E-state index in [0.29, 0.717) is 18.9 Å². The fourth-order valence-corrected chi connectivity index (χ4v) is 4.59. The van der Waals surface area contributed by atoms with E-state index in [1.54, 1.807) is 0 Å². The van der Waals surface area contributed by atoms with Crippen molar-refractivity contribution in [3.05, 3.63) is 0 Å². The smallest absolute Gasteiger partial charge is 0.223 e. The molecule has 0 N–H and O–H groups in total. The molecule has 0 spiro atoms. The summed E-state index contributed by atoms with van der Waals surface area (Å²) in [5.74, 6) is 1.14. The summed E-state index contributed by atoms with van der Waals surface area (Å²) >= 11 is 0. The van der Waals surface area contributed by atoms with Gasteiger partial charge in [-0.2, -0.15) is 0 Å². The van der Waals surface area contributed by atoms with Crippen LogP contribution >= 0.6 is 0 Å². The van der Waals surface area contributed by atoms with Gasteiger partial charge in [0.25, 0.3) is 0 Å². The molecule has 1 saturated carbocycles. The Morgan fingerprint density at radius 3 is 2.23 bits per heavy atom. The Balaban J connectivity index is 1.49. The molecule has 4 nitrogen and oxygen atoms in total. The van der Waals surface area contributed by atoms with Crippen molar-refractivity contribution >= 4 is 11.8 Å². The molecule has 1 aliphatic carbocycles. The van der Waals surface area contributed by atoms with Crippen LogP contribution in [0.3, 0.4) is 0 Å². The number of fused-ring (bicyclic) bond motifs is 1. The van der Waals surface area contributed by atoms with Crippen LogP contribution in [0.5, 0.6) is 0 Å². The summed E-state index contributed by atoms with van der Waals surface area (Å²) in [7, 11) is 0. The number of piperidine rings is 2. The predicted octanol–water partition coefficient (Wildman–Crippen LogP) is 2.96. The van der Waals surface area contributed by atoms with Gasteiger partial charge in [-0.3, -0.25) is 9.59 Å². The average molecular weight is 306 g/mol. The Hall–Kier alpha value is -1.06. The molecule has 0 bridgehead atoms. The van der Waals surface area contributed by atoms with E-state index in [2.05, 4.69) is 4.90 Å². The summed E-state index contributed by atoms with van der Waals surface area (Å²) in [6.07, 6.45) is 11.8. The molecule has 2 saturated heterocycles. The van der Waals surface area contributed by atoms with Gasteiger partial charge in [-0.25, -0.2) is 0 Å². The van der Waals surface area contributed by atoms with Crippen LogP contribution in [0.2, 0.25) is 0 Å². The van der Waals surface area contributed by atoms with Gasteiger partial charge in [0.05, 0.1) is 0 Å². The van der Waals surface area contributed by atoms with Crippen LogP contribution < -0.4 is 0 Å². The first-order valence-corrected chi connectivity index (χ1v) is 9.33. The van der Waals surface area contributed by atoms with E-state index < -0.39 is 0 Å². The zero-order valence-corrected chi connectivity index (χ0v) is 13.8. The van der Waals surface area contributed by atoms with E-state index in [1.165, 1.54) is 38.5 Å². The number of likely N-dealkylation sites (tertiary alicyclic amines) is 2. The van der Waals surface area contributed by atoms with Crippen LogP contribution in [0, 0.1) is 5.92 Å². The summed E-state index contributed by atoms with van der Waals surface area (Å²) in [6.45, 7) is 2.70. The average Bonchev–Trinajstić information content (AvgIpc) is 2.59. The van der Waals surface area contributed by atoms with Crippen LogP contribution in [0.1, 0.15) is 70.6 Å². The highest BCUT2D eigenvalue weighted by Gasteiger charge is 2.35. The van der Waals surface area contributed by atoms with Crippen molar-refractivity contribution in [1.82, 2.24) is 9.80 Å². The van der Waals surface area contributed by atoms with E-state index in [9.17, 15) is 9.59 Å². The molecule has 3 fully saturated rings. The lowest BCUT2D eigenvalue weighted by molar-refractivity contribution is -0.141. The van der Waals surface area contributed by atoms with Crippen molar-refractivity contribution < 1.29 is 9.59 Å². The maximum absolute atomic E-state index is 12.6. The van der Waals surface area contributed by atoms with Crippen molar-refractivity contribution in [2.45, 2.75) is 76.7 Å². The summed E-state index contributed by atoms with van der Waals surface area (Å²) in [5.41, 5.74) is 0. The molecule has 0 aromatic heterocycles. The van der Waals surface area contributed by atoms with Gasteiger partial charge in [-0.05, 0) is 50.9 Å². The molecule has 0 radical (unpaired) electrons. The largest absolute Gasteiger partial charge is 0.343 e. The lowest BCUT2D eigenvalue weighted by Gasteiger charge is -2.44. The van der Waals surface area contributed by atoms with Gasteiger partial charge in [0.15, 0.2) is 0 Å². The van der Waals surface area contributed by atoms with Crippen molar-refractivity contribution in [3.8, 4) is 0 Å². The third-order valence-electron chi connectivity index (χ3n) is 5.83. The molecule has 2 amide bonds. The van der Waals surface area contributed by atoms with Gasteiger partial charge in [0.1, 0.15) is 0 Å².